The Kier molecular flexibility index (Phi) is 6.75. The molecule has 0 spiro atoms. The van der Waals surface area contributed by atoms with Crippen LogP contribution in [-0.2, 0) is 38.4 Å². The topological polar surface area (TPSA) is 107 Å². The molecule has 0 fully saturated rings. The number of rotatable bonds is 7. The van der Waals surface area contributed by atoms with E-state index in [0.717, 1.165) is 40.3 Å². The lowest BCUT2D eigenvalue weighted by molar-refractivity contribution is -0.148. The van der Waals surface area contributed by atoms with Crippen LogP contribution in [0.3, 0.4) is 0 Å². The molecule has 2 N–H and O–H groups in total. The number of hydrazine groups is 1. The van der Waals surface area contributed by atoms with Gasteiger partial charge in [0.2, 0.25) is 0 Å². The van der Waals surface area contributed by atoms with E-state index in [1.54, 1.807) is 30.5 Å². The first-order valence-corrected chi connectivity index (χ1v) is 10.9. The van der Waals surface area contributed by atoms with E-state index in [1.807, 2.05) is 6.07 Å². The minimum Gasteiger partial charge on any atom is -0.484 e. The van der Waals surface area contributed by atoms with E-state index >= 15 is 0 Å². The maximum absolute atomic E-state index is 12.2. The average Bonchev–Trinajstić information content (AvgIpc) is 3.40. The van der Waals surface area contributed by atoms with Crippen molar-refractivity contribution in [3.8, 4) is 5.75 Å². The standard InChI is InChI=1S/C23H21BrN2O6/c24-17-4-6-18(7-5-17)30-12-21(27)25-26-22(28)13-32-23(29)10-16-11-31-20-9-15-3-1-2-14(15)8-19(16)20/h4-9,11H,1-3,10,12-13H2,(H,25,27)(H,26,28). The van der Waals surface area contributed by atoms with E-state index < -0.39 is 24.4 Å². The molecule has 0 atom stereocenters. The number of ether oxygens (including phenoxy) is 2. The molecule has 8 nitrogen and oxygen atoms in total. The van der Waals surface area contributed by atoms with E-state index in [0.29, 0.717) is 5.75 Å². The molecule has 0 radical (unpaired) electrons. The van der Waals surface area contributed by atoms with Crippen LogP contribution in [0.5, 0.6) is 5.75 Å². The summed E-state index contributed by atoms with van der Waals surface area (Å²) in [7, 11) is 0. The van der Waals surface area contributed by atoms with Crippen LogP contribution in [0.15, 0.2) is 51.6 Å². The van der Waals surface area contributed by atoms with Gasteiger partial charge >= 0.3 is 5.97 Å². The van der Waals surface area contributed by atoms with E-state index in [1.165, 1.54) is 11.1 Å². The monoisotopic (exact) mass is 500 g/mol. The average molecular weight is 501 g/mol. The molecule has 2 amide bonds. The van der Waals surface area contributed by atoms with Gasteiger partial charge in [0.1, 0.15) is 11.3 Å². The van der Waals surface area contributed by atoms with Gasteiger partial charge in [0, 0.05) is 15.4 Å². The van der Waals surface area contributed by atoms with Crippen molar-refractivity contribution in [1.82, 2.24) is 10.9 Å². The molecule has 2 aromatic carbocycles. The molecular weight excluding hydrogens is 480 g/mol. The van der Waals surface area contributed by atoms with Crippen LogP contribution in [0.25, 0.3) is 11.0 Å². The van der Waals surface area contributed by atoms with Crippen molar-refractivity contribution in [2.24, 2.45) is 0 Å². The summed E-state index contributed by atoms with van der Waals surface area (Å²) in [6, 6.07) is 11.1. The van der Waals surface area contributed by atoms with Gasteiger partial charge in [-0.1, -0.05) is 15.9 Å². The van der Waals surface area contributed by atoms with Crippen LogP contribution in [-0.4, -0.2) is 31.0 Å². The Morgan fingerprint density at radius 1 is 0.969 bits per heavy atom. The first-order valence-electron chi connectivity index (χ1n) is 10.1. The summed E-state index contributed by atoms with van der Waals surface area (Å²) in [4.78, 5) is 35.8. The number of amides is 2. The van der Waals surface area contributed by atoms with E-state index in [-0.39, 0.29) is 13.0 Å². The highest BCUT2D eigenvalue weighted by atomic mass is 79.9. The fraction of sp³-hybridized carbons (Fsp3) is 0.261. The van der Waals surface area contributed by atoms with Crippen molar-refractivity contribution < 1.29 is 28.3 Å². The molecule has 1 aliphatic rings. The molecule has 0 aliphatic heterocycles. The maximum atomic E-state index is 12.2. The van der Waals surface area contributed by atoms with Crippen molar-refractivity contribution in [2.45, 2.75) is 25.7 Å². The third-order valence-electron chi connectivity index (χ3n) is 5.09. The van der Waals surface area contributed by atoms with Crippen molar-refractivity contribution in [3.63, 3.8) is 0 Å². The van der Waals surface area contributed by atoms with Crippen LogP contribution < -0.4 is 15.6 Å². The first kappa shape index (κ1) is 21.9. The number of nitrogens with one attached hydrogen (secondary N) is 2. The lowest BCUT2D eigenvalue weighted by Gasteiger charge is -2.09. The zero-order chi connectivity index (χ0) is 22.5. The summed E-state index contributed by atoms with van der Waals surface area (Å²) in [6.07, 6.45) is 4.74. The second kappa shape index (κ2) is 9.86. The van der Waals surface area contributed by atoms with Crippen LogP contribution in [0, 0.1) is 0 Å². The molecule has 0 unspecified atom stereocenters. The van der Waals surface area contributed by atoms with Crippen molar-refractivity contribution in [3.05, 3.63) is 63.8 Å². The fourth-order valence-corrected chi connectivity index (χ4v) is 3.79. The molecular formula is C23H21BrN2O6. The minimum atomic E-state index is -0.662. The van der Waals surface area contributed by atoms with E-state index in [2.05, 4.69) is 32.8 Å². The van der Waals surface area contributed by atoms with Gasteiger partial charge in [-0.25, -0.2) is 0 Å². The third-order valence-corrected chi connectivity index (χ3v) is 5.62. The number of aryl methyl sites for hydroxylation is 2. The molecule has 4 rings (SSSR count). The lowest BCUT2D eigenvalue weighted by Crippen LogP contribution is -2.45. The molecule has 166 valence electrons. The van der Waals surface area contributed by atoms with Gasteiger partial charge < -0.3 is 13.9 Å². The summed E-state index contributed by atoms with van der Waals surface area (Å²) in [5.41, 5.74) is 8.43. The number of esters is 1. The van der Waals surface area contributed by atoms with Gasteiger partial charge in [-0.2, -0.15) is 0 Å². The number of benzene rings is 2. The summed E-state index contributed by atoms with van der Waals surface area (Å²) < 4.78 is 16.8. The molecule has 1 aromatic heterocycles. The summed E-state index contributed by atoms with van der Waals surface area (Å²) >= 11 is 3.31. The number of furan rings is 1. The number of hydrogen-bond donors (Lipinski definition) is 2. The van der Waals surface area contributed by atoms with Crippen LogP contribution >= 0.6 is 15.9 Å². The Balaban J connectivity index is 1.19. The highest BCUT2D eigenvalue weighted by molar-refractivity contribution is 9.10. The SMILES string of the molecule is O=C(COC(=O)Cc1coc2cc3c(cc12)CCC3)NNC(=O)COc1ccc(Br)cc1. The molecule has 0 bridgehead atoms. The number of halogens is 1. The largest absolute Gasteiger partial charge is 0.484 e. The smallest absolute Gasteiger partial charge is 0.310 e. The molecule has 0 saturated heterocycles. The molecule has 0 saturated carbocycles. The van der Waals surface area contributed by atoms with Gasteiger partial charge in [-0.3, -0.25) is 25.2 Å². The Labute approximate surface area is 192 Å². The van der Waals surface area contributed by atoms with Gasteiger partial charge in [-0.05, 0) is 66.8 Å². The van der Waals surface area contributed by atoms with E-state index in [4.69, 9.17) is 13.9 Å². The Morgan fingerprint density at radius 2 is 1.66 bits per heavy atom. The van der Waals surface area contributed by atoms with Crippen LogP contribution in [0.2, 0.25) is 0 Å². The van der Waals surface area contributed by atoms with Crippen LogP contribution in [0.1, 0.15) is 23.1 Å². The van der Waals surface area contributed by atoms with Gasteiger partial charge in [0.25, 0.3) is 11.8 Å². The first-order chi connectivity index (χ1) is 15.5. The number of carbonyl (C=O) groups is 3. The predicted molar refractivity (Wildman–Crippen MR) is 119 cm³/mol. The van der Waals surface area contributed by atoms with Crippen molar-refractivity contribution >= 4 is 44.7 Å². The Bertz CT molecular complexity index is 1160. The maximum Gasteiger partial charge on any atom is 0.310 e. The third kappa shape index (κ3) is 5.47. The zero-order valence-corrected chi connectivity index (χ0v) is 18.7. The minimum absolute atomic E-state index is 0.00748. The fourth-order valence-electron chi connectivity index (χ4n) is 3.53. The second-order valence-electron chi connectivity index (χ2n) is 7.41. The highest BCUT2D eigenvalue weighted by Crippen LogP contribution is 2.30. The summed E-state index contributed by atoms with van der Waals surface area (Å²) in [5.74, 6) is -1.26. The van der Waals surface area contributed by atoms with Gasteiger partial charge in [0.05, 0.1) is 12.7 Å². The Hall–Kier alpha value is -3.33. The summed E-state index contributed by atoms with van der Waals surface area (Å²) in [6.45, 7) is -0.795. The molecule has 1 aliphatic carbocycles. The predicted octanol–water partition coefficient (Wildman–Crippen LogP) is 3.00. The molecule has 32 heavy (non-hydrogen) atoms. The number of hydrogen-bond acceptors (Lipinski definition) is 6. The highest BCUT2D eigenvalue weighted by Gasteiger charge is 2.17. The Morgan fingerprint density at radius 3 is 2.41 bits per heavy atom. The van der Waals surface area contributed by atoms with Gasteiger partial charge in [-0.15, -0.1) is 0 Å². The molecule has 1 heterocycles. The van der Waals surface area contributed by atoms with Crippen molar-refractivity contribution in [1.29, 1.82) is 0 Å². The normalized spacial score (nSPS) is 12.3. The number of carbonyl (C=O) groups excluding carboxylic acids is 3. The summed E-state index contributed by atoms with van der Waals surface area (Å²) in [5, 5.41) is 0.894. The van der Waals surface area contributed by atoms with Gasteiger partial charge in [0.15, 0.2) is 13.2 Å². The quantitative estimate of drug-likeness (QED) is 0.381. The lowest BCUT2D eigenvalue weighted by atomic mass is 10.0. The van der Waals surface area contributed by atoms with Crippen molar-refractivity contribution in [2.75, 3.05) is 13.2 Å². The van der Waals surface area contributed by atoms with E-state index in [9.17, 15) is 14.4 Å². The second-order valence-corrected chi connectivity index (χ2v) is 8.32. The molecule has 3 aromatic rings. The molecule has 9 heteroatoms. The number of fused-ring (bicyclic) bond motifs is 2. The zero-order valence-electron chi connectivity index (χ0n) is 17.1. The van der Waals surface area contributed by atoms with Crippen LogP contribution in [0.4, 0.5) is 0 Å².